The molecule has 0 N–H and O–H groups in total. The van der Waals surface area contributed by atoms with Crippen LogP contribution in [-0.2, 0) is 7.05 Å². The third-order valence-electron chi connectivity index (χ3n) is 5.31. The lowest BCUT2D eigenvalue weighted by atomic mass is 9.94. The molecule has 0 saturated heterocycles. The lowest BCUT2D eigenvalue weighted by molar-refractivity contribution is 0.0804. The predicted octanol–water partition coefficient (Wildman–Crippen LogP) is 5.03. The van der Waals surface area contributed by atoms with E-state index in [1.165, 1.54) is 16.5 Å². The molecule has 2 heterocycles. The Balaban J connectivity index is 1.49. The number of hydrogen-bond donors (Lipinski definition) is 0. The summed E-state index contributed by atoms with van der Waals surface area (Å²) < 4.78 is 14.1. The van der Waals surface area contributed by atoms with Crippen molar-refractivity contribution < 1.29 is 9.47 Å². The first-order valence-electron chi connectivity index (χ1n) is 9.36. The van der Waals surface area contributed by atoms with Crippen molar-refractivity contribution in [2.24, 2.45) is 7.05 Å². The molecule has 0 amide bonds. The van der Waals surface area contributed by atoms with Gasteiger partial charge in [-0.2, -0.15) is 5.10 Å². The number of nitrogens with zero attached hydrogens (tertiary/aromatic N) is 2. The van der Waals surface area contributed by atoms with E-state index in [1.807, 2.05) is 24.0 Å². The molecule has 1 aliphatic heterocycles. The van der Waals surface area contributed by atoms with E-state index in [2.05, 4.69) is 56.2 Å². The summed E-state index contributed by atoms with van der Waals surface area (Å²) in [5.41, 5.74) is 3.76. The van der Waals surface area contributed by atoms with Gasteiger partial charge in [-0.3, -0.25) is 4.68 Å². The van der Waals surface area contributed by atoms with Crippen molar-refractivity contribution in [3.63, 3.8) is 0 Å². The smallest absolute Gasteiger partial charge is 0.162 e. The molecule has 1 aliphatic rings. The van der Waals surface area contributed by atoms with Crippen LogP contribution in [0, 0.1) is 0 Å². The Kier molecular flexibility index (Phi) is 4.35. The SMILES string of the molecule is CC(C)c1ccc2c(c1)OC(CC(C)c1ccc3c(cnn3C)c1)CO2. The average Bonchev–Trinajstić information content (AvgIpc) is 3.01. The molecule has 2 aromatic carbocycles. The lowest BCUT2D eigenvalue weighted by Crippen LogP contribution is -2.30. The second kappa shape index (κ2) is 6.67. The molecule has 0 fully saturated rings. The Bertz CT molecular complexity index is 929. The molecule has 1 aromatic heterocycles. The second-order valence-electron chi connectivity index (χ2n) is 7.63. The summed E-state index contributed by atoms with van der Waals surface area (Å²) >= 11 is 0. The molecule has 0 bridgehead atoms. The first-order valence-corrected chi connectivity index (χ1v) is 9.36. The zero-order valence-electron chi connectivity index (χ0n) is 15.9. The highest BCUT2D eigenvalue weighted by molar-refractivity contribution is 5.79. The van der Waals surface area contributed by atoms with Crippen LogP contribution < -0.4 is 9.47 Å². The Morgan fingerprint density at radius 2 is 1.88 bits per heavy atom. The molecular weight excluding hydrogens is 324 g/mol. The van der Waals surface area contributed by atoms with Crippen LogP contribution in [0.2, 0.25) is 0 Å². The van der Waals surface area contributed by atoms with Gasteiger partial charge in [0.15, 0.2) is 11.5 Å². The van der Waals surface area contributed by atoms with Crippen molar-refractivity contribution >= 4 is 10.9 Å². The molecule has 136 valence electrons. The van der Waals surface area contributed by atoms with Crippen LogP contribution in [-0.4, -0.2) is 22.5 Å². The quantitative estimate of drug-likeness (QED) is 0.662. The topological polar surface area (TPSA) is 36.3 Å². The van der Waals surface area contributed by atoms with Gasteiger partial charge in [-0.15, -0.1) is 0 Å². The average molecular weight is 350 g/mol. The van der Waals surface area contributed by atoms with Gasteiger partial charge in [0.2, 0.25) is 0 Å². The molecule has 2 unspecified atom stereocenters. The van der Waals surface area contributed by atoms with Crippen molar-refractivity contribution in [1.82, 2.24) is 9.78 Å². The highest BCUT2D eigenvalue weighted by Gasteiger charge is 2.24. The van der Waals surface area contributed by atoms with E-state index in [0.29, 0.717) is 18.4 Å². The fourth-order valence-electron chi connectivity index (χ4n) is 3.63. The van der Waals surface area contributed by atoms with Gasteiger partial charge in [0.1, 0.15) is 12.7 Å². The highest BCUT2D eigenvalue weighted by atomic mass is 16.6. The monoisotopic (exact) mass is 350 g/mol. The molecular formula is C22H26N2O2. The summed E-state index contributed by atoms with van der Waals surface area (Å²) in [5, 5.41) is 5.52. The number of ether oxygens (including phenoxy) is 2. The summed E-state index contributed by atoms with van der Waals surface area (Å²) in [6.45, 7) is 7.24. The van der Waals surface area contributed by atoms with Crippen LogP contribution >= 0.6 is 0 Å². The van der Waals surface area contributed by atoms with Crippen molar-refractivity contribution in [1.29, 1.82) is 0 Å². The molecule has 4 heteroatoms. The molecule has 0 saturated carbocycles. The van der Waals surface area contributed by atoms with Gasteiger partial charge in [-0.25, -0.2) is 0 Å². The van der Waals surface area contributed by atoms with Crippen LogP contribution in [0.25, 0.3) is 10.9 Å². The predicted molar refractivity (Wildman–Crippen MR) is 104 cm³/mol. The second-order valence-corrected chi connectivity index (χ2v) is 7.63. The van der Waals surface area contributed by atoms with E-state index in [0.717, 1.165) is 23.4 Å². The highest BCUT2D eigenvalue weighted by Crippen LogP contribution is 2.36. The zero-order chi connectivity index (χ0) is 18.3. The molecule has 26 heavy (non-hydrogen) atoms. The molecule has 3 aromatic rings. The molecule has 0 spiro atoms. The first-order chi connectivity index (χ1) is 12.5. The summed E-state index contributed by atoms with van der Waals surface area (Å²) in [6.07, 6.45) is 2.93. The fourth-order valence-corrected chi connectivity index (χ4v) is 3.63. The molecule has 2 atom stereocenters. The van der Waals surface area contributed by atoms with Crippen LogP contribution in [0.3, 0.4) is 0 Å². The fraction of sp³-hybridized carbons (Fsp3) is 0.409. The summed E-state index contributed by atoms with van der Waals surface area (Å²) in [6, 6.07) is 12.9. The summed E-state index contributed by atoms with van der Waals surface area (Å²) in [5.74, 6) is 2.61. The van der Waals surface area contributed by atoms with Gasteiger partial charge < -0.3 is 9.47 Å². The number of benzene rings is 2. The van der Waals surface area contributed by atoms with Crippen molar-refractivity contribution in [2.75, 3.05) is 6.61 Å². The Morgan fingerprint density at radius 3 is 2.69 bits per heavy atom. The molecule has 4 rings (SSSR count). The van der Waals surface area contributed by atoms with E-state index in [1.54, 1.807) is 0 Å². The third kappa shape index (κ3) is 3.16. The van der Waals surface area contributed by atoms with Gasteiger partial charge in [0.05, 0.1) is 11.7 Å². The van der Waals surface area contributed by atoms with Crippen LogP contribution in [0.15, 0.2) is 42.6 Å². The van der Waals surface area contributed by atoms with Gasteiger partial charge in [0.25, 0.3) is 0 Å². The number of fused-ring (bicyclic) bond motifs is 2. The van der Waals surface area contributed by atoms with Gasteiger partial charge in [-0.05, 0) is 53.6 Å². The van der Waals surface area contributed by atoms with Crippen LogP contribution in [0.5, 0.6) is 11.5 Å². The van der Waals surface area contributed by atoms with Gasteiger partial charge in [0, 0.05) is 12.4 Å². The zero-order valence-corrected chi connectivity index (χ0v) is 15.9. The maximum absolute atomic E-state index is 6.27. The minimum absolute atomic E-state index is 0.0736. The largest absolute Gasteiger partial charge is 0.486 e. The van der Waals surface area contributed by atoms with E-state index in [-0.39, 0.29) is 6.10 Å². The number of aromatic nitrogens is 2. The van der Waals surface area contributed by atoms with E-state index < -0.39 is 0 Å². The molecule has 0 radical (unpaired) electrons. The van der Waals surface area contributed by atoms with E-state index in [9.17, 15) is 0 Å². The number of hydrogen-bond acceptors (Lipinski definition) is 3. The number of rotatable bonds is 4. The third-order valence-corrected chi connectivity index (χ3v) is 5.31. The first kappa shape index (κ1) is 17.0. The normalized spacial score (nSPS) is 17.7. The standard InChI is InChI=1S/C22H26N2O2/c1-14(2)16-6-8-21-22(11-16)26-19(13-25-21)9-15(3)17-5-7-20-18(10-17)12-23-24(20)4/h5-8,10-12,14-15,19H,9,13H2,1-4H3. The Labute approximate surface area is 154 Å². The van der Waals surface area contributed by atoms with Crippen molar-refractivity contribution in [3.05, 3.63) is 53.7 Å². The summed E-state index contributed by atoms with van der Waals surface area (Å²) in [4.78, 5) is 0. The minimum Gasteiger partial charge on any atom is -0.486 e. The molecule has 4 nitrogen and oxygen atoms in total. The maximum Gasteiger partial charge on any atom is 0.162 e. The van der Waals surface area contributed by atoms with Gasteiger partial charge in [-0.1, -0.05) is 32.9 Å². The maximum atomic E-state index is 6.27. The minimum atomic E-state index is 0.0736. The Hall–Kier alpha value is -2.49. The van der Waals surface area contributed by atoms with E-state index in [4.69, 9.17) is 9.47 Å². The Morgan fingerprint density at radius 1 is 1.08 bits per heavy atom. The lowest BCUT2D eigenvalue weighted by Gasteiger charge is -2.29. The summed E-state index contributed by atoms with van der Waals surface area (Å²) in [7, 11) is 1.97. The van der Waals surface area contributed by atoms with E-state index >= 15 is 0 Å². The van der Waals surface area contributed by atoms with Crippen molar-refractivity contribution in [3.8, 4) is 11.5 Å². The van der Waals surface area contributed by atoms with Crippen LogP contribution in [0.1, 0.15) is 50.2 Å². The number of aryl methyl sites for hydroxylation is 1. The van der Waals surface area contributed by atoms with Crippen LogP contribution in [0.4, 0.5) is 0 Å². The molecule has 0 aliphatic carbocycles. The van der Waals surface area contributed by atoms with Crippen molar-refractivity contribution in [2.45, 2.75) is 45.1 Å². The van der Waals surface area contributed by atoms with Gasteiger partial charge >= 0.3 is 0 Å².